The molecule has 0 amide bonds. The van der Waals surface area contributed by atoms with Crippen LogP contribution in [0.2, 0.25) is 0 Å². The molecule has 0 spiro atoms. The molecule has 6 nitrogen and oxygen atoms in total. The lowest BCUT2D eigenvalue weighted by Crippen LogP contribution is -2.13. The highest BCUT2D eigenvalue weighted by Crippen LogP contribution is 2.33. The number of nitrogens with zero attached hydrogens (tertiary/aromatic N) is 3. The van der Waals surface area contributed by atoms with Gasteiger partial charge in [0.1, 0.15) is 11.4 Å². The highest BCUT2D eigenvalue weighted by molar-refractivity contribution is 5.72. The highest BCUT2D eigenvalue weighted by atomic mass is 19.4. The van der Waals surface area contributed by atoms with Gasteiger partial charge in [-0.05, 0) is 12.1 Å². The van der Waals surface area contributed by atoms with Gasteiger partial charge in [-0.2, -0.15) is 18.2 Å². The number of nitrogens with two attached hydrogens (primary N) is 1. The Balaban J connectivity index is 2.31. The molecule has 2 aromatic rings. The van der Waals surface area contributed by atoms with E-state index in [0.29, 0.717) is 17.6 Å². The second-order valence-corrected chi connectivity index (χ2v) is 4.12. The summed E-state index contributed by atoms with van der Waals surface area (Å²) in [6.07, 6.45) is -1.03. The molecule has 0 radical (unpaired) electrons. The fraction of sp³-hybridized carbons (Fsp3) is 0.154. The van der Waals surface area contributed by atoms with E-state index in [1.165, 1.54) is 13.2 Å². The van der Waals surface area contributed by atoms with Gasteiger partial charge in [0.2, 0.25) is 5.95 Å². The van der Waals surface area contributed by atoms with Crippen molar-refractivity contribution in [1.29, 1.82) is 0 Å². The van der Waals surface area contributed by atoms with Crippen LogP contribution in [0.4, 0.5) is 24.9 Å². The van der Waals surface area contributed by atoms with E-state index in [9.17, 15) is 13.2 Å². The zero-order valence-corrected chi connectivity index (χ0v) is 11.5. The van der Waals surface area contributed by atoms with Gasteiger partial charge in [0.25, 0.3) is 0 Å². The SMILES string of the molecule is CNc1nc(N/C(=C/N)c2ccccn2)ncc1C(F)(F)F. The van der Waals surface area contributed by atoms with Crippen LogP contribution in [0.25, 0.3) is 5.70 Å². The Morgan fingerprint density at radius 3 is 2.59 bits per heavy atom. The normalized spacial score (nSPS) is 12.1. The van der Waals surface area contributed by atoms with Crippen molar-refractivity contribution in [2.24, 2.45) is 5.73 Å². The van der Waals surface area contributed by atoms with Gasteiger partial charge < -0.3 is 16.4 Å². The summed E-state index contributed by atoms with van der Waals surface area (Å²) in [5.41, 5.74) is 5.45. The zero-order valence-electron chi connectivity index (χ0n) is 11.5. The molecule has 0 aliphatic carbocycles. The molecule has 9 heteroatoms. The van der Waals surface area contributed by atoms with E-state index in [2.05, 4.69) is 25.6 Å². The maximum atomic E-state index is 12.8. The first-order valence-electron chi connectivity index (χ1n) is 6.18. The van der Waals surface area contributed by atoms with Gasteiger partial charge in [0.05, 0.1) is 11.4 Å². The molecule has 0 unspecified atom stereocenters. The molecule has 2 aromatic heterocycles. The Morgan fingerprint density at radius 2 is 2.05 bits per heavy atom. The lowest BCUT2D eigenvalue weighted by Gasteiger charge is -2.13. The lowest BCUT2D eigenvalue weighted by atomic mass is 10.3. The van der Waals surface area contributed by atoms with E-state index in [0.717, 1.165) is 0 Å². The van der Waals surface area contributed by atoms with Crippen molar-refractivity contribution in [2.45, 2.75) is 6.18 Å². The Kier molecular flexibility index (Phi) is 4.44. The number of rotatable bonds is 4. The first kappa shape index (κ1) is 15.5. The molecule has 22 heavy (non-hydrogen) atoms. The number of halogens is 3. The third-order valence-electron chi connectivity index (χ3n) is 2.68. The topological polar surface area (TPSA) is 88.8 Å². The van der Waals surface area contributed by atoms with Crippen LogP contribution in [-0.2, 0) is 6.18 Å². The molecule has 0 aromatic carbocycles. The summed E-state index contributed by atoms with van der Waals surface area (Å²) in [5.74, 6) is -0.359. The van der Waals surface area contributed by atoms with Crippen molar-refractivity contribution in [3.05, 3.63) is 48.1 Å². The minimum atomic E-state index is -4.54. The van der Waals surface area contributed by atoms with Crippen molar-refractivity contribution in [3.8, 4) is 0 Å². The molecule has 0 aliphatic heterocycles. The summed E-state index contributed by atoms with van der Waals surface area (Å²) >= 11 is 0. The summed E-state index contributed by atoms with van der Waals surface area (Å²) in [7, 11) is 1.35. The van der Waals surface area contributed by atoms with Crippen molar-refractivity contribution in [1.82, 2.24) is 15.0 Å². The summed E-state index contributed by atoms with van der Waals surface area (Å²) in [5, 5.41) is 5.14. The van der Waals surface area contributed by atoms with E-state index >= 15 is 0 Å². The predicted octanol–water partition coefficient (Wildman–Crippen LogP) is 2.30. The van der Waals surface area contributed by atoms with Crippen LogP contribution >= 0.6 is 0 Å². The predicted molar refractivity (Wildman–Crippen MR) is 76.6 cm³/mol. The van der Waals surface area contributed by atoms with Crippen LogP contribution in [0, 0.1) is 0 Å². The third kappa shape index (κ3) is 3.43. The van der Waals surface area contributed by atoms with E-state index in [-0.39, 0.29) is 11.8 Å². The summed E-state index contributed by atoms with van der Waals surface area (Å²) in [6.45, 7) is 0. The Bertz CT molecular complexity index is 669. The first-order chi connectivity index (χ1) is 10.5. The van der Waals surface area contributed by atoms with Crippen molar-refractivity contribution >= 4 is 17.5 Å². The molecular formula is C13H13F3N6. The molecular weight excluding hydrogens is 297 g/mol. The Labute approximate surface area is 124 Å². The van der Waals surface area contributed by atoms with Gasteiger partial charge >= 0.3 is 6.18 Å². The monoisotopic (exact) mass is 310 g/mol. The fourth-order valence-corrected chi connectivity index (χ4v) is 1.67. The number of hydrogen-bond acceptors (Lipinski definition) is 6. The van der Waals surface area contributed by atoms with Crippen molar-refractivity contribution < 1.29 is 13.2 Å². The smallest absolute Gasteiger partial charge is 0.403 e. The molecule has 116 valence electrons. The van der Waals surface area contributed by atoms with Gasteiger partial charge in [-0.25, -0.2) is 4.98 Å². The molecule has 0 saturated carbocycles. The number of nitrogens with one attached hydrogen (secondary N) is 2. The summed E-state index contributed by atoms with van der Waals surface area (Å²) < 4.78 is 38.3. The average molecular weight is 310 g/mol. The van der Waals surface area contributed by atoms with E-state index < -0.39 is 11.7 Å². The molecule has 0 saturated heterocycles. The zero-order chi connectivity index (χ0) is 16.2. The number of alkyl halides is 3. The Hall–Kier alpha value is -2.84. The van der Waals surface area contributed by atoms with Gasteiger partial charge in [-0.3, -0.25) is 4.98 Å². The second kappa shape index (κ2) is 6.29. The molecule has 2 rings (SSSR count). The average Bonchev–Trinajstić information content (AvgIpc) is 2.52. The Morgan fingerprint density at radius 1 is 1.27 bits per heavy atom. The molecule has 4 N–H and O–H groups in total. The molecule has 0 aliphatic rings. The minimum absolute atomic E-state index is 0.0281. The lowest BCUT2D eigenvalue weighted by molar-refractivity contribution is -0.137. The summed E-state index contributed by atoms with van der Waals surface area (Å²) in [4.78, 5) is 11.5. The van der Waals surface area contributed by atoms with Crippen LogP contribution in [0.15, 0.2) is 36.8 Å². The van der Waals surface area contributed by atoms with E-state index in [1.54, 1.807) is 24.4 Å². The van der Waals surface area contributed by atoms with Gasteiger partial charge in [-0.15, -0.1) is 0 Å². The highest BCUT2D eigenvalue weighted by Gasteiger charge is 2.35. The standard InChI is InChI=1S/C13H13F3N6/c1-18-11-8(13(14,15)16)7-20-12(22-11)21-10(6-17)9-4-2-3-5-19-9/h2-7H,17H2,1H3,(H2,18,20,21,22)/b10-6+. The van der Waals surface area contributed by atoms with E-state index in [4.69, 9.17) is 5.73 Å². The van der Waals surface area contributed by atoms with E-state index in [1.807, 2.05) is 0 Å². The quantitative estimate of drug-likeness (QED) is 0.803. The van der Waals surface area contributed by atoms with Gasteiger partial charge in [0, 0.05) is 25.6 Å². The molecule has 2 heterocycles. The number of hydrogen-bond donors (Lipinski definition) is 3. The number of aromatic nitrogens is 3. The van der Waals surface area contributed by atoms with Crippen LogP contribution in [-0.4, -0.2) is 22.0 Å². The maximum Gasteiger partial charge on any atom is 0.421 e. The van der Waals surface area contributed by atoms with Gasteiger partial charge in [0.15, 0.2) is 0 Å². The first-order valence-corrected chi connectivity index (χ1v) is 6.18. The van der Waals surface area contributed by atoms with Gasteiger partial charge in [-0.1, -0.05) is 6.07 Å². The summed E-state index contributed by atoms with van der Waals surface area (Å²) in [6, 6.07) is 5.17. The maximum absolute atomic E-state index is 12.8. The molecule has 0 fully saturated rings. The largest absolute Gasteiger partial charge is 0.421 e. The number of anilines is 2. The van der Waals surface area contributed by atoms with Crippen molar-refractivity contribution in [2.75, 3.05) is 17.7 Å². The van der Waals surface area contributed by atoms with Crippen molar-refractivity contribution in [3.63, 3.8) is 0 Å². The molecule has 0 atom stereocenters. The van der Waals surface area contributed by atoms with Crippen LogP contribution in [0.5, 0.6) is 0 Å². The second-order valence-electron chi connectivity index (χ2n) is 4.12. The van der Waals surface area contributed by atoms with Crippen LogP contribution in [0.3, 0.4) is 0 Å². The third-order valence-corrected chi connectivity index (χ3v) is 2.68. The minimum Gasteiger partial charge on any atom is -0.403 e. The molecule has 0 bridgehead atoms. The van der Waals surface area contributed by atoms with Crippen LogP contribution in [0.1, 0.15) is 11.3 Å². The number of pyridine rings is 1. The van der Waals surface area contributed by atoms with Crippen LogP contribution < -0.4 is 16.4 Å². The fourth-order valence-electron chi connectivity index (χ4n) is 1.67.